The minimum atomic E-state index is -0.107. The van der Waals surface area contributed by atoms with E-state index in [9.17, 15) is 9.59 Å². The van der Waals surface area contributed by atoms with Crippen LogP contribution in [0.3, 0.4) is 0 Å². The Labute approximate surface area is 131 Å². The van der Waals surface area contributed by atoms with Crippen molar-refractivity contribution in [3.05, 3.63) is 29.8 Å². The number of anilines is 1. The van der Waals surface area contributed by atoms with Crippen molar-refractivity contribution in [2.75, 3.05) is 5.32 Å². The molecule has 5 nitrogen and oxygen atoms in total. The molecule has 3 N–H and O–H groups in total. The van der Waals surface area contributed by atoms with E-state index >= 15 is 0 Å². The van der Waals surface area contributed by atoms with E-state index in [0.29, 0.717) is 12.6 Å². The van der Waals surface area contributed by atoms with Gasteiger partial charge in [-0.1, -0.05) is 38.8 Å². The molecule has 0 unspecified atom stereocenters. The van der Waals surface area contributed by atoms with E-state index < -0.39 is 0 Å². The van der Waals surface area contributed by atoms with Crippen LogP contribution in [0, 0.1) is 5.92 Å². The van der Waals surface area contributed by atoms with E-state index in [0.717, 1.165) is 24.1 Å². The van der Waals surface area contributed by atoms with Crippen molar-refractivity contribution in [2.45, 2.75) is 52.1 Å². The number of carbonyl (C=O) groups is 2. The third-order valence-corrected chi connectivity index (χ3v) is 3.89. The lowest BCUT2D eigenvalue weighted by molar-refractivity contribution is -0.118. The van der Waals surface area contributed by atoms with Gasteiger partial charge in [-0.3, -0.25) is 4.79 Å². The van der Waals surface area contributed by atoms with Gasteiger partial charge >= 0.3 is 6.03 Å². The molecule has 1 aliphatic carbocycles. The first kappa shape index (κ1) is 16.3. The van der Waals surface area contributed by atoms with Crippen LogP contribution in [0.5, 0.6) is 0 Å². The van der Waals surface area contributed by atoms with E-state index in [1.165, 1.54) is 12.8 Å². The van der Waals surface area contributed by atoms with Gasteiger partial charge in [0, 0.05) is 24.2 Å². The van der Waals surface area contributed by atoms with Crippen molar-refractivity contribution in [3.8, 4) is 0 Å². The molecule has 0 saturated heterocycles. The lowest BCUT2D eigenvalue weighted by Gasteiger charge is -2.13. The summed E-state index contributed by atoms with van der Waals surface area (Å²) in [6, 6.07) is 7.74. The smallest absolute Gasteiger partial charge is 0.315 e. The summed E-state index contributed by atoms with van der Waals surface area (Å²) in [7, 11) is 0. The maximum Gasteiger partial charge on any atom is 0.315 e. The topological polar surface area (TPSA) is 70.2 Å². The maximum atomic E-state index is 11.8. The van der Waals surface area contributed by atoms with Crippen LogP contribution in [0.2, 0.25) is 0 Å². The van der Waals surface area contributed by atoms with E-state index in [1.54, 1.807) is 0 Å². The second-order valence-corrected chi connectivity index (χ2v) is 6.15. The molecule has 1 aliphatic rings. The molecule has 1 saturated carbocycles. The van der Waals surface area contributed by atoms with Crippen LogP contribution in [0.15, 0.2) is 24.3 Å². The minimum absolute atomic E-state index is 0.00168. The van der Waals surface area contributed by atoms with Crippen LogP contribution in [-0.4, -0.2) is 18.0 Å². The molecule has 1 aromatic carbocycles. The highest BCUT2D eigenvalue weighted by molar-refractivity contribution is 5.92. The third kappa shape index (κ3) is 5.06. The van der Waals surface area contributed by atoms with E-state index in [1.807, 2.05) is 38.1 Å². The first-order valence-electron chi connectivity index (χ1n) is 7.99. The highest BCUT2D eigenvalue weighted by Gasteiger charge is 2.16. The van der Waals surface area contributed by atoms with Crippen molar-refractivity contribution in [2.24, 2.45) is 5.92 Å². The second-order valence-electron chi connectivity index (χ2n) is 6.15. The molecular formula is C17H25N3O2. The fraction of sp³-hybridized carbons (Fsp3) is 0.529. The molecule has 1 fully saturated rings. The molecule has 5 heteroatoms. The zero-order chi connectivity index (χ0) is 15.9. The Bertz CT molecular complexity index is 505. The van der Waals surface area contributed by atoms with Gasteiger partial charge < -0.3 is 16.0 Å². The average Bonchev–Trinajstić information content (AvgIpc) is 2.99. The Morgan fingerprint density at radius 2 is 1.77 bits per heavy atom. The fourth-order valence-electron chi connectivity index (χ4n) is 2.48. The van der Waals surface area contributed by atoms with Gasteiger partial charge in [-0.15, -0.1) is 0 Å². The van der Waals surface area contributed by atoms with Gasteiger partial charge in [0.2, 0.25) is 5.91 Å². The van der Waals surface area contributed by atoms with Crippen molar-refractivity contribution >= 4 is 17.6 Å². The van der Waals surface area contributed by atoms with Crippen molar-refractivity contribution in [1.82, 2.24) is 10.6 Å². The van der Waals surface area contributed by atoms with Gasteiger partial charge in [-0.05, 0) is 30.5 Å². The van der Waals surface area contributed by atoms with E-state index in [4.69, 9.17) is 0 Å². The lowest BCUT2D eigenvalue weighted by atomic mass is 10.1. The number of rotatable bonds is 5. The standard InChI is InChI=1S/C17H25N3O2/c1-12(2)16(21)19-15-9-7-13(8-10-15)11-18-17(22)20-14-5-3-4-6-14/h7-10,12,14H,3-6,11H2,1-2H3,(H,19,21)(H2,18,20,22). The normalized spacial score (nSPS) is 14.9. The zero-order valence-corrected chi connectivity index (χ0v) is 13.3. The fourth-order valence-corrected chi connectivity index (χ4v) is 2.48. The Kier molecular flexibility index (Phi) is 5.81. The quantitative estimate of drug-likeness (QED) is 0.782. The summed E-state index contributed by atoms with van der Waals surface area (Å²) >= 11 is 0. The van der Waals surface area contributed by atoms with Crippen molar-refractivity contribution in [1.29, 1.82) is 0 Å². The van der Waals surface area contributed by atoms with E-state index in [-0.39, 0.29) is 17.9 Å². The molecule has 0 aliphatic heterocycles. The monoisotopic (exact) mass is 303 g/mol. The van der Waals surface area contributed by atoms with Gasteiger partial charge in [0.1, 0.15) is 0 Å². The first-order chi connectivity index (χ1) is 10.5. The number of carbonyl (C=O) groups excluding carboxylic acids is 2. The first-order valence-corrected chi connectivity index (χ1v) is 7.99. The molecular weight excluding hydrogens is 278 g/mol. The van der Waals surface area contributed by atoms with Crippen LogP contribution in [0.4, 0.5) is 10.5 Å². The van der Waals surface area contributed by atoms with Gasteiger partial charge in [-0.25, -0.2) is 4.79 Å². The van der Waals surface area contributed by atoms with Gasteiger partial charge in [-0.2, -0.15) is 0 Å². The van der Waals surface area contributed by atoms with Crippen molar-refractivity contribution in [3.63, 3.8) is 0 Å². The number of hydrogen-bond donors (Lipinski definition) is 3. The summed E-state index contributed by atoms with van der Waals surface area (Å²) in [6.07, 6.45) is 4.57. The molecule has 0 bridgehead atoms. The summed E-state index contributed by atoms with van der Waals surface area (Å²) in [5.74, 6) is -0.0394. The number of urea groups is 1. The molecule has 0 spiro atoms. The Hall–Kier alpha value is -2.04. The highest BCUT2D eigenvalue weighted by atomic mass is 16.2. The Morgan fingerprint density at radius 1 is 1.14 bits per heavy atom. The molecule has 0 aromatic heterocycles. The summed E-state index contributed by atoms with van der Waals surface area (Å²) in [5, 5.41) is 8.70. The molecule has 0 atom stereocenters. The molecule has 1 aromatic rings. The van der Waals surface area contributed by atoms with E-state index in [2.05, 4.69) is 16.0 Å². The van der Waals surface area contributed by atoms with Crippen LogP contribution in [0.1, 0.15) is 45.1 Å². The maximum absolute atomic E-state index is 11.8. The van der Waals surface area contributed by atoms with Crippen molar-refractivity contribution < 1.29 is 9.59 Å². The number of amides is 3. The number of benzene rings is 1. The zero-order valence-electron chi connectivity index (χ0n) is 13.3. The Balaban J connectivity index is 1.76. The van der Waals surface area contributed by atoms with Gasteiger partial charge in [0.05, 0.1) is 0 Å². The third-order valence-electron chi connectivity index (χ3n) is 3.89. The molecule has 0 heterocycles. The molecule has 3 amide bonds. The second kappa shape index (κ2) is 7.82. The summed E-state index contributed by atoms with van der Waals surface area (Å²) in [4.78, 5) is 23.4. The van der Waals surface area contributed by atoms with Crippen LogP contribution in [0.25, 0.3) is 0 Å². The van der Waals surface area contributed by atoms with Gasteiger partial charge in [0.25, 0.3) is 0 Å². The molecule has 2 rings (SSSR count). The number of hydrogen-bond acceptors (Lipinski definition) is 2. The van der Waals surface area contributed by atoms with Crippen LogP contribution in [-0.2, 0) is 11.3 Å². The minimum Gasteiger partial charge on any atom is -0.335 e. The number of nitrogens with one attached hydrogen (secondary N) is 3. The van der Waals surface area contributed by atoms with Gasteiger partial charge in [0.15, 0.2) is 0 Å². The summed E-state index contributed by atoms with van der Waals surface area (Å²) in [6.45, 7) is 4.20. The Morgan fingerprint density at radius 3 is 2.36 bits per heavy atom. The van der Waals surface area contributed by atoms with Crippen LogP contribution < -0.4 is 16.0 Å². The lowest BCUT2D eigenvalue weighted by Crippen LogP contribution is -2.40. The summed E-state index contributed by atoms with van der Waals surface area (Å²) in [5.41, 5.74) is 1.78. The summed E-state index contributed by atoms with van der Waals surface area (Å²) < 4.78 is 0. The average molecular weight is 303 g/mol. The largest absolute Gasteiger partial charge is 0.335 e. The molecule has 0 radical (unpaired) electrons. The van der Waals surface area contributed by atoms with Crippen LogP contribution >= 0.6 is 0 Å². The highest BCUT2D eigenvalue weighted by Crippen LogP contribution is 2.17. The predicted molar refractivity (Wildman–Crippen MR) is 87.5 cm³/mol. The predicted octanol–water partition coefficient (Wildman–Crippen LogP) is 3.02. The molecule has 22 heavy (non-hydrogen) atoms. The SMILES string of the molecule is CC(C)C(=O)Nc1ccc(CNC(=O)NC2CCCC2)cc1. The molecule has 120 valence electrons.